The van der Waals surface area contributed by atoms with E-state index < -0.39 is 0 Å². The summed E-state index contributed by atoms with van der Waals surface area (Å²) in [6.07, 6.45) is 6.29. The van der Waals surface area contributed by atoms with Crippen LogP contribution in [0.4, 0.5) is 0 Å². The molecule has 112 valence electrons. The van der Waals surface area contributed by atoms with Crippen LogP contribution < -0.4 is 0 Å². The first-order valence-electron chi connectivity index (χ1n) is 7.33. The lowest BCUT2D eigenvalue weighted by Gasteiger charge is -2.16. The highest BCUT2D eigenvalue weighted by Crippen LogP contribution is 2.23. The van der Waals surface area contributed by atoms with E-state index in [1.807, 2.05) is 51.5 Å². The largest absolute Gasteiger partial charge is 0.335 e. The molecule has 1 amide bonds. The molecule has 7 nitrogen and oxygen atoms in total. The summed E-state index contributed by atoms with van der Waals surface area (Å²) in [4.78, 5) is 19.2. The van der Waals surface area contributed by atoms with Gasteiger partial charge in [0.1, 0.15) is 11.3 Å². The SMILES string of the molecule is Cc1nc2ccccn2c1C(=O)N1CCC(n2ccnn2)C1. The van der Waals surface area contributed by atoms with Crippen LogP contribution in [0, 0.1) is 6.92 Å². The Hall–Kier alpha value is -2.70. The number of pyridine rings is 1. The van der Waals surface area contributed by atoms with Crippen LogP contribution >= 0.6 is 0 Å². The number of aromatic nitrogens is 5. The Morgan fingerprint density at radius 3 is 3.05 bits per heavy atom. The van der Waals surface area contributed by atoms with Crippen molar-refractivity contribution in [3.8, 4) is 0 Å². The summed E-state index contributed by atoms with van der Waals surface area (Å²) in [7, 11) is 0. The van der Waals surface area contributed by atoms with Gasteiger partial charge in [0.15, 0.2) is 0 Å². The van der Waals surface area contributed by atoms with E-state index >= 15 is 0 Å². The molecule has 1 aliphatic rings. The first-order valence-corrected chi connectivity index (χ1v) is 7.33. The quantitative estimate of drug-likeness (QED) is 0.715. The molecule has 1 aliphatic heterocycles. The third-order valence-electron chi connectivity index (χ3n) is 4.17. The molecule has 0 bridgehead atoms. The standard InChI is InChI=1S/C15H16N6O/c1-11-14(20-7-3-2-4-13(20)17-11)15(22)19-8-5-12(10-19)21-9-6-16-18-21/h2-4,6-7,9,12H,5,8,10H2,1H3. The van der Waals surface area contributed by atoms with Crippen molar-refractivity contribution < 1.29 is 4.79 Å². The average molecular weight is 296 g/mol. The Morgan fingerprint density at radius 2 is 2.23 bits per heavy atom. The highest BCUT2D eigenvalue weighted by Gasteiger charge is 2.30. The van der Waals surface area contributed by atoms with Gasteiger partial charge < -0.3 is 4.90 Å². The second-order valence-corrected chi connectivity index (χ2v) is 5.55. The summed E-state index contributed by atoms with van der Waals surface area (Å²) < 4.78 is 3.69. The highest BCUT2D eigenvalue weighted by atomic mass is 16.2. The lowest BCUT2D eigenvalue weighted by molar-refractivity contribution is 0.0779. The topological polar surface area (TPSA) is 68.3 Å². The Kier molecular flexibility index (Phi) is 2.92. The van der Waals surface area contributed by atoms with Crippen LogP contribution in [0.25, 0.3) is 5.65 Å². The normalized spacial score (nSPS) is 18.2. The highest BCUT2D eigenvalue weighted by molar-refractivity contribution is 5.94. The van der Waals surface area contributed by atoms with Gasteiger partial charge >= 0.3 is 0 Å². The fraction of sp³-hybridized carbons (Fsp3) is 0.333. The fourth-order valence-corrected chi connectivity index (χ4v) is 3.08. The van der Waals surface area contributed by atoms with Crippen LogP contribution in [0.15, 0.2) is 36.8 Å². The number of rotatable bonds is 2. The number of aryl methyl sites for hydroxylation is 1. The number of carbonyl (C=O) groups is 1. The van der Waals surface area contributed by atoms with Crippen LogP contribution in [-0.4, -0.2) is 48.3 Å². The molecule has 1 saturated heterocycles. The molecule has 4 rings (SSSR count). The second kappa shape index (κ2) is 4.94. The van der Waals surface area contributed by atoms with Crippen molar-refractivity contribution in [2.24, 2.45) is 0 Å². The van der Waals surface area contributed by atoms with Gasteiger partial charge in [-0.15, -0.1) is 5.10 Å². The molecular formula is C15H16N6O. The summed E-state index contributed by atoms with van der Waals surface area (Å²) in [5.74, 6) is 0.0267. The van der Waals surface area contributed by atoms with Crippen LogP contribution in [0.1, 0.15) is 28.6 Å². The zero-order valence-electron chi connectivity index (χ0n) is 12.3. The molecule has 0 spiro atoms. The Labute approximate surface area is 127 Å². The van der Waals surface area contributed by atoms with Crippen molar-refractivity contribution in [2.75, 3.05) is 13.1 Å². The van der Waals surface area contributed by atoms with Gasteiger partial charge in [0.05, 0.1) is 17.9 Å². The number of hydrogen-bond acceptors (Lipinski definition) is 4. The molecule has 1 unspecified atom stereocenters. The molecule has 0 radical (unpaired) electrons. The molecule has 7 heteroatoms. The molecule has 0 saturated carbocycles. The van der Waals surface area contributed by atoms with Crippen LogP contribution in [-0.2, 0) is 0 Å². The zero-order chi connectivity index (χ0) is 15.1. The van der Waals surface area contributed by atoms with E-state index in [1.165, 1.54) is 0 Å². The van der Waals surface area contributed by atoms with E-state index in [9.17, 15) is 4.79 Å². The minimum Gasteiger partial charge on any atom is -0.335 e. The Morgan fingerprint density at radius 1 is 1.32 bits per heavy atom. The second-order valence-electron chi connectivity index (χ2n) is 5.55. The number of fused-ring (bicyclic) bond motifs is 1. The molecule has 3 aromatic rings. The van der Waals surface area contributed by atoms with Gasteiger partial charge in [-0.05, 0) is 25.5 Å². The van der Waals surface area contributed by atoms with Crippen molar-refractivity contribution in [2.45, 2.75) is 19.4 Å². The van der Waals surface area contributed by atoms with Gasteiger partial charge in [-0.1, -0.05) is 11.3 Å². The summed E-state index contributed by atoms with van der Waals surface area (Å²) in [6, 6.07) is 5.94. The fourth-order valence-electron chi connectivity index (χ4n) is 3.08. The number of hydrogen-bond donors (Lipinski definition) is 0. The van der Waals surface area contributed by atoms with Crippen molar-refractivity contribution in [3.63, 3.8) is 0 Å². The van der Waals surface area contributed by atoms with E-state index in [-0.39, 0.29) is 11.9 Å². The first-order chi connectivity index (χ1) is 10.7. The molecule has 1 atom stereocenters. The predicted octanol–water partition coefficient (Wildman–Crippen LogP) is 1.32. The van der Waals surface area contributed by atoms with Crippen LogP contribution in [0.5, 0.6) is 0 Å². The molecule has 0 N–H and O–H groups in total. The summed E-state index contributed by atoms with van der Waals surface area (Å²) in [5.41, 5.74) is 2.21. The maximum atomic E-state index is 12.9. The van der Waals surface area contributed by atoms with E-state index in [1.54, 1.807) is 6.20 Å². The van der Waals surface area contributed by atoms with Gasteiger partial charge in [-0.3, -0.25) is 9.20 Å². The average Bonchev–Trinajstić information content (AvgIpc) is 3.25. The Bertz CT molecular complexity index is 822. The lowest BCUT2D eigenvalue weighted by atomic mass is 10.3. The van der Waals surface area contributed by atoms with Gasteiger partial charge in [0, 0.05) is 25.5 Å². The predicted molar refractivity (Wildman–Crippen MR) is 79.5 cm³/mol. The van der Waals surface area contributed by atoms with Crippen molar-refractivity contribution in [1.29, 1.82) is 0 Å². The number of amides is 1. The Balaban J connectivity index is 1.63. The third kappa shape index (κ3) is 1.97. The maximum absolute atomic E-state index is 12.9. The van der Waals surface area contributed by atoms with Crippen molar-refractivity contribution in [3.05, 3.63) is 48.2 Å². The summed E-state index contributed by atoms with van der Waals surface area (Å²) >= 11 is 0. The minimum absolute atomic E-state index is 0.0267. The van der Waals surface area contributed by atoms with Gasteiger partial charge in [-0.2, -0.15) is 0 Å². The smallest absolute Gasteiger partial charge is 0.272 e. The number of likely N-dealkylation sites (tertiary alicyclic amines) is 1. The number of nitrogens with zero attached hydrogens (tertiary/aromatic N) is 6. The molecule has 4 heterocycles. The molecule has 0 aromatic carbocycles. The molecule has 1 fully saturated rings. The monoisotopic (exact) mass is 296 g/mol. The number of carbonyl (C=O) groups excluding carboxylic acids is 1. The molecule has 3 aromatic heterocycles. The van der Waals surface area contributed by atoms with E-state index in [4.69, 9.17) is 0 Å². The first kappa shape index (κ1) is 13.0. The van der Waals surface area contributed by atoms with E-state index in [0.717, 1.165) is 24.3 Å². The minimum atomic E-state index is 0.0267. The van der Waals surface area contributed by atoms with Gasteiger partial charge in [0.25, 0.3) is 5.91 Å². The van der Waals surface area contributed by atoms with Crippen LogP contribution in [0.3, 0.4) is 0 Å². The van der Waals surface area contributed by atoms with E-state index in [0.29, 0.717) is 12.2 Å². The van der Waals surface area contributed by atoms with Crippen molar-refractivity contribution in [1.82, 2.24) is 29.3 Å². The zero-order valence-corrected chi connectivity index (χ0v) is 12.3. The lowest BCUT2D eigenvalue weighted by Crippen LogP contribution is -2.30. The maximum Gasteiger partial charge on any atom is 0.272 e. The van der Waals surface area contributed by atoms with Gasteiger partial charge in [0.2, 0.25) is 0 Å². The molecule has 22 heavy (non-hydrogen) atoms. The third-order valence-corrected chi connectivity index (χ3v) is 4.17. The summed E-state index contributed by atoms with van der Waals surface area (Å²) in [5, 5.41) is 7.87. The summed E-state index contributed by atoms with van der Waals surface area (Å²) in [6.45, 7) is 3.26. The number of imidazole rings is 1. The molecular weight excluding hydrogens is 280 g/mol. The van der Waals surface area contributed by atoms with E-state index in [2.05, 4.69) is 15.3 Å². The van der Waals surface area contributed by atoms with Gasteiger partial charge in [-0.25, -0.2) is 9.67 Å². The van der Waals surface area contributed by atoms with Crippen molar-refractivity contribution >= 4 is 11.6 Å². The molecule has 0 aliphatic carbocycles. The van der Waals surface area contributed by atoms with Crippen LogP contribution in [0.2, 0.25) is 0 Å².